The van der Waals surface area contributed by atoms with E-state index in [2.05, 4.69) is 20.8 Å². The van der Waals surface area contributed by atoms with Crippen LogP contribution in [0.2, 0.25) is 0 Å². The number of hydrazone groups is 1. The number of hydrogen-bond acceptors (Lipinski definition) is 6. The quantitative estimate of drug-likeness (QED) is 0.362. The molecular weight excluding hydrogens is 382 g/mol. The summed E-state index contributed by atoms with van der Waals surface area (Å²) in [4.78, 5) is 11.3. The predicted octanol–water partition coefficient (Wildman–Crippen LogP) is 3.63. The summed E-state index contributed by atoms with van der Waals surface area (Å²) in [6.07, 6.45) is 1.63. The summed E-state index contributed by atoms with van der Waals surface area (Å²) in [5.41, 5.74) is 6.88. The second-order valence-corrected chi connectivity index (χ2v) is 6.53. The average molecular weight is 401 g/mol. The Kier molecular flexibility index (Phi) is 5.38. The Morgan fingerprint density at radius 1 is 1.17 bits per heavy atom. The van der Waals surface area contributed by atoms with Gasteiger partial charge in [0.05, 0.1) is 36.6 Å². The number of nitrogens with one attached hydrogen (secondary N) is 1. The summed E-state index contributed by atoms with van der Waals surface area (Å²) in [6, 6.07) is 20.0. The molecule has 8 nitrogen and oxygen atoms in total. The Bertz CT molecular complexity index is 1230. The predicted molar refractivity (Wildman–Crippen MR) is 114 cm³/mol. The maximum atomic E-state index is 11.3. The molecule has 4 rings (SSSR count). The highest BCUT2D eigenvalue weighted by Gasteiger charge is 2.10. The molecule has 4 aromatic rings. The van der Waals surface area contributed by atoms with Crippen molar-refractivity contribution in [2.45, 2.75) is 6.54 Å². The van der Waals surface area contributed by atoms with Crippen molar-refractivity contribution in [3.63, 3.8) is 0 Å². The maximum Gasteiger partial charge on any atom is 0.337 e. The first-order valence-electron chi connectivity index (χ1n) is 9.22. The smallest absolute Gasteiger partial charge is 0.337 e. The molecule has 0 saturated heterocycles. The Labute approximate surface area is 172 Å². The lowest BCUT2D eigenvalue weighted by Gasteiger charge is -2.10. The number of methoxy groups -OCH3 is 1. The number of fused-ring (bicyclic) bond motifs is 1. The first-order valence-corrected chi connectivity index (χ1v) is 9.22. The van der Waals surface area contributed by atoms with Crippen LogP contribution >= 0.6 is 0 Å². The van der Waals surface area contributed by atoms with E-state index in [1.165, 1.54) is 6.07 Å². The highest BCUT2D eigenvalue weighted by molar-refractivity contribution is 5.94. The largest absolute Gasteiger partial charge is 0.496 e. The third-order valence-electron chi connectivity index (χ3n) is 4.60. The average Bonchev–Trinajstić information content (AvgIpc) is 3.17. The minimum Gasteiger partial charge on any atom is -0.496 e. The number of para-hydroxylation sites is 2. The van der Waals surface area contributed by atoms with Crippen LogP contribution in [0, 0.1) is 0 Å². The highest BCUT2D eigenvalue weighted by atomic mass is 16.5. The molecule has 0 unspecified atom stereocenters. The van der Waals surface area contributed by atoms with Gasteiger partial charge in [0, 0.05) is 5.56 Å². The number of carbonyl (C=O) groups is 1. The molecule has 0 spiro atoms. The van der Waals surface area contributed by atoms with Crippen LogP contribution in [0.15, 0.2) is 71.8 Å². The van der Waals surface area contributed by atoms with Crippen LogP contribution in [-0.2, 0) is 6.54 Å². The van der Waals surface area contributed by atoms with Gasteiger partial charge < -0.3 is 9.84 Å². The zero-order chi connectivity index (χ0) is 20.9. The molecule has 0 aliphatic rings. The number of aromatic nitrogens is 3. The Morgan fingerprint density at radius 2 is 1.97 bits per heavy atom. The van der Waals surface area contributed by atoms with E-state index in [0.717, 1.165) is 27.9 Å². The molecule has 150 valence electrons. The summed E-state index contributed by atoms with van der Waals surface area (Å²) in [6.45, 7) is 0.487. The molecule has 8 heteroatoms. The number of nitrogens with zero attached hydrogens (tertiary/aromatic N) is 4. The van der Waals surface area contributed by atoms with Gasteiger partial charge in [0.1, 0.15) is 11.3 Å². The zero-order valence-corrected chi connectivity index (χ0v) is 16.2. The molecule has 0 amide bonds. The molecule has 3 aromatic carbocycles. The summed E-state index contributed by atoms with van der Waals surface area (Å²) < 4.78 is 7.31. The number of carboxylic acids is 1. The van der Waals surface area contributed by atoms with Gasteiger partial charge in [0.2, 0.25) is 0 Å². The van der Waals surface area contributed by atoms with Gasteiger partial charge in [-0.2, -0.15) is 5.10 Å². The third-order valence-corrected chi connectivity index (χ3v) is 4.60. The van der Waals surface area contributed by atoms with Crippen molar-refractivity contribution >= 4 is 28.9 Å². The van der Waals surface area contributed by atoms with Gasteiger partial charge in [-0.05, 0) is 48.0 Å². The van der Waals surface area contributed by atoms with E-state index in [1.54, 1.807) is 31.5 Å². The molecule has 0 atom stereocenters. The number of benzene rings is 3. The lowest BCUT2D eigenvalue weighted by atomic mass is 10.1. The Hall–Kier alpha value is -4.20. The number of carboxylic acid groups (broad SMARTS) is 1. The Balaban J connectivity index is 1.57. The lowest BCUT2D eigenvalue weighted by Crippen LogP contribution is -2.05. The second-order valence-electron chi connectivity index (χ2n) is 6.53. The van der Waals surface area contributed by atoms with Gasteiger partial charge in [0.15, 0.2) is 0 Å². The van der Waals surface area contributed by atoms with E-state index in [4.69, 9.17) is 4.74 Å². The molecule has 1 aromatic heterocycles. The van der Waals surface area contributed by atoms with Crippen LogP contribution in [0.1, 0.15) is 21.5 Å². The minimum atomic E-state index is -1.01. The van der Waals surface area contributed by atoms with E-state index in [9.17, 15) is 9.90 Å². The van der Waals surface area contributed by atoms with Crippen molar-refractivity contribution < 1.29 is 14.6 Å². The molecule has 1 heterocycles. The molecule has 30 heavy (non-hydrogen) atoms. The van der Waals surface area contributed by atoms with Gasteiger partial charge in [-0.25, -0.2) is 9.48 Å². The number of hydrogen-bond donors (Lipinski definition) is 2. The fraction of sp³-hybridized carbons (Fsp3) is 0.0909. The minimum absolute atomic E-state index is 0.156. The molecule has 2 N–H and O–H groups in total. The van der Waals surface area contributed by atoms with Crippen molar-refractivity contribution in [3.05, 3.63) is 83.4 Å². The molecule has 0 saturated carbocycles. The normalized spacial score (nSPS) is 11.1. The van der Waals surface area contributed by atoms with Crippen LogP contribution < -0.4 is 10.2 Å². The van der Waals surface area contributed by atoms with Crippen molar-refractivity contribution in [2.75, 3.05) is 12.5 Å². The van der Waals surface area contributed by atoms with E-state index >= 15 is 0 Å². The van der Waals surface area contributed by atoms with Gasteiger partial charge in [-0.15, -0.1) is 5.10 Å². The fourth-order valence-electron chi connectivity index (χ4n) is 3.14. The van der Waals surface area contributed by atoms with Crippen LogP contribution in [0.3, 0.4) is 0 Å². The molecule has 0 radical (unpaired) electrons. The lowest BCUT2D eigenvalue weighted by molar-refractivity contribution is 0.0698. The molecular formula is C22H19N5O3. The zero-order valence-electron chi connectivity index (χ0n) is 16.2. The van der Waals surface area contributed by atoms with Crippen molar-refractivity contribution in [1.29, 1.82) is 0 Å². The summed E-state index contributed by atoms with van der Waals surface area (Å²) in [7, 11) is 1.62. The van der Waals surface area contributed by atoms with E-state index in [-0.39, 0.29) is 5.56 Å². The van der Waals surface area contributed by atoms with Crippen molar-refractivity contribution in [3.8, 4) is 5.75 Å². The summed E-state index contributed by atoms with van der Waals surface area (Å²) >= 11 is 0. The van der Waals surface area contributed by atoms with Crippen molar-refractivity contribution in [2.24, 2.45) is 5.10 Å². The first-order chi connectivity index (χ1) is 14.7. The first kappa shape index (κ1) is 19.1. The van der Waals surface area contributed by atoms with E-state index < -0.39 is 5.97 Å². The van der Waals surface area contributed by atoms with Crippen LogP contribution in [-0.4, -0.2) is 39.4 Å². The molecule has 0 bridgehead atoms. The van der Waals surface area contributed by atoms with E-state index in [1.807, 2.05) is 47.1 Å². The number of anilines is 1. The second kappa shape index (κ2) is 8.44. The SMILES string of the molecule is COc1ccc(/C=N\Nc2ccccc2C(=O)O)cc1Cn1nnc2ccccc21. The molecule has 0 aliphatic carbocycles. The summed E-state index contributed by atoms with van der Waals surface area (Å²) in [5, 5.41) is 21.9. The van der Waals surface area contributed by atoms with Gasteiger partial charge in [-0.1, -0.05) is 29.5 Å². The third kappa shape index (κ3) is 3.97. The number of rotatable bonds is 7. The van der Waals surface area contributed by atoms with E-state index in [0.29, 0.717) is 12.2 Å². The summed E-state index contributed by atoms with van der Waals surface area (Å²) in [5.74, 6) is -0.281. The van der Waals surface area contributed by atoms with Crippen LogP contribution in [0.4, 0.5) is 5.69 Å². The number of ether oxygens (including phenoxy) is 1. The van der Waals surface area contributed by atoms with Gasteiger partial charge in [0.25, 0.3) is 0 Å². The standard InChI is InChI=1S/C22H19N5O3/c1-30-21-11-10-15(13-23-24-18-7-3-2-6-17(18)22(28)29)12-16(21)14-27-20-9-5-4-8-19(20)25-26-27/h2-13,24H,14H2,1H3,(H,28,29)/b23-13-. The number of aromatic carboxylic acids is 1. The van der Waals surface area contributed by atoms with Gasteiger partial charge in [-0.3, -0.25) is 5.43 Å². The van der Waals surface area contributed by atoms with Crippen LogP contribution in [0.25, 0.3) is 11.0 Å². The van der Waals surface area contributed by atoms with Crippen LogP contribution in [0.5, 0.6) is 5.75 Å². The topological polar surface area (TPSA) is 102 Å². The monoisotopic (exact) mass is 401 g/mol. The highest BCUT2D eigenvalue weighted by Crippen LogP contribution is 2.22. The van der Waals surface area contributed by atoms with Gasteiger partial charge >= 0.3 is 5.97 Å². The Morgan fingerprint density at radius 3 is 2.80 bits per heavy atom. The van der Waals surface area contributed by atoms with Crippen molar-refractivity contribution in [1.82, 2.24) is 15.0 Å². The maximum absolute atomic E-state index is 11.3. The fourth-order valence-corrected chi connectivity index (χ4v) is 3.14. The molecule has 0 fully saturated rings. The molecule has 0 aliphatic heterocycles.